The summed E-state index contributed by atoms with van der Waals surface area (Å²) >= 11 is 6.14. The van der Waals surface area contributed by atoms with E-state index in [1.807, 2.05) is 31.2 Å². The highest BCUT2D eigenvalue weighted by molar-refractivity contribution is 8.26. The van der Waals surface area contributed by atoms with Gasteiger partial charge in [0.25, 0.3) is 5.91 Å². The Kier molecular flexibility index (Phi) is 5.74. The minimum absolute atomic E-state index is 0.121. The van der Waals surface area contributed by atoms with Crippen LogP contribution < -0.4 is 0 Å². The third kappa shape index (κ3) is 4.21. The molecule has 1 amide bonds. The highest BCUT2D eigenvalue weighted by Crippen LogP contribution is 2.34. The zero-order valence-corrected chi connectivity index (χ0v) is 14.4. The van der Waals surface area contributed by atoms with Crippen LogP contribution in [0.3, 0.4) is 0 Å². The standard InChI is InChI=1S/C16H15NO5S2/c1-9-2-4-10(5-3-9)8-12-14(20)17(16(23)24-12)11(15(21)22)6-7-13(18)19/h2-5,8,11H,6-7H2,1H3,(H,18,19)(H,21,22)/b12-8+. The number of carbonyl (C=O) groups is 3. The summed E-state index contributed by atoms with van der Waals surface area (Å²) in [6.07, 6.45) is 1.09. The Morgan fingerprint density at radius 1 is 1.29 bits per heavy atom. The fraction of sp³-hybridized carbons (Fsp3) is 0.250. The van der Waals surface area contributed by atoms with Gasteiger partial charge in [0.15, 0.2) is 0 Å². The predicted octanol–water partition coefficient (Wildman–Crippen LogP) is 2.51. The van der Waals surface area contributed by atoms with Crippen molar-refractivity contribution in [3.8, 4) is 0 Å². The number of amides is 1. The van der Waals surface area contributed by atoms with Gasteiger partial charge in [-0.25, -0.2) is 4.79 Å². The topological polar surface area (TPSA) is 94.9 Å². The molecule has 1 unspecified atom stereocenters. The molecule has 0 saturated carbocycles. The number of aliphatic carboxylic acids is 2. The van der Waals surface area contributed by atoms with Crippen molar-refractivity contribution in [2.75, 3.05) is 0 Å². The van der Waals surface area contributed by atoms with Crippen LogP contribution in [-0.4, -0.2) is 43.3 Å². The van der Waals surface area contributed by atoms with Crippen LogP contribution in [0.2, 0.25) is 0 Å². The van der Waals surface area contributed by atoms with Gasteiger partial charge in [0.1, 0.15) is 10.4 Å². The Morgan fingerprint density at radius 3 is 2.46 bits per heavy atom. The molecular weight excluding hydrogens is 350 g/mol. The average Bonchev–Trinajstić information content (AvgIpc) is 2.77. The first-order chi connectivity index (χ1) is 11.3. The summed E-state index contributed by atoms with van der Waals surface area (Å²) < 4.78 is 0.121. The van der Waals surface area contributed by atoms with Gasteiger partial charge in [0, 0.05) is 6.42 Å². The number of benzene rings is 1. The van der Waals surface area contributed by atoms with Gasteiger partial charge in [-0.15, -0.1) is 0 Å². The third-order valence-electron chi connectivity index (χ3n) is 3.43. The summed E-state index contributed by atoms with van der Waals surface area (Å²) in [5.41, 5.74) is 1.89. The molecule has 126 valence electrons. The normalized spacial score (nSPS) is 17.4. The summed E-state index contributed by atoms with van der Waals surface area (Å²) in [6.45, 7) is 1.95. The number of nitrogens with zero attached hydrogens (tertiary/aromatic N) is 1. The molecule has 0 aromatic heterocycles. The molecule has 1 saturated heterocycles. The first-order valence-electron chi connectivity index (χ1n) is 7.08. The molecule has 24 heavy (non-hydrogen) atoms. The van der Waals surface area contributed by atoms with E-state index >= 15 is 0 Å². The lowest BCUT2D eigenvalue weighted by Crippen LogP contribution is -2.44. The van der Waals surface area contributed by atoms with Crippen molar-refractivity contribution < 1.29 is 24.6 Å². The number of thiocarbonyl (C=S) groups is 1. The monoisotopic (exact) mass is 365 g/mol. The maximum atomic E-state index is 12.5. The molecule has 0 spiro atoms. The molecule has 1 heterocycles. The minimum Gasteiger partial charge on any atom is -0.481 e. The van der Waals surface area contributed by atoms with Crippen molar-refractivity contribution in [3.05, 3.63) is 40.3 Å². The molecule has 8 heteroatoms. The van der Waals surface area contributed by atoms with E-state index in [4.69, 9.17) is 17.3 Å². The molecule has 2 rings (SSSR count). The van der Waals surface area contributed by atoms with Crippen molar-refractivity contribution in [2.24, 2.45) is 0 Å². The average molecular weight is 365 g/mol. The number of carboxylic acids is 2. The molecule has 1 aromatic carbocycles. The molecular formula is C16H15NO5S2. The first-order valence-corrected chi connectivity index (χ1v) is 8.30. The number of carboxylic acid groups (broad SMARTS) is 2. The Balaban J connectivity index is 2.24. The predicted molar refractivity (Wildman–Crippen MR) is 94.5 cm³/mol. The van der Waals surface area contributed by atoms with Gasteiger partial charge < -0.3 is 10.2 Å². The lowest BCUT2D eigenvalue weighted by atomic mass is 10.1. The van der Waals surface area contributed by atoms with Crippen LogP contribution >= 0.6 is 24.0 Å². The smallest absolute Gasteiger partial charge is 0.326 e. The Bertz CT molecular complexity index is 726. The number of carbonyl (C=O) groups excluding carboxylic acids is 1. The third-order valence-corrected chi connectivity index (χ3v) is 4.76. The Labute approximate surface area is 148 Å². The maximum Gasteiger partial charge on any atom is 0.326 e. The molecule has 1 aromatic rings. The summed E-state index contributed by atoms with van der Waals surface area (Å²) in [5.74, 6) is -2.91. The van der Waals surface area contributed by atoms with E-state index in [0.717, 1.165) is 27.8 Å². The number of aryl methyl sites for hydroxylation is 1. The number of rotatable bonds is 6. The van der Waals surface area contributed by atoms with Crippen LogP contribution in [0, 0.1) is 6.92 Å². The Hall–Kier alpha value is -2.19. The zero-order chi connectivity index (χ0) is 17.9. The molecule has 1 aliphatic heterocycles. The van der Waals surface area contributed by atoms with Crippen LogP contribution in [0.5, 0.6) is 0 Å². The lowest BCUT2D eigenvalue weighted by Gasteiger charge is -2.22. The van der Waals surface area contributed by atoms with Crippen molar-refractivity contribution >= 4 is 52.2 Å². The molecule has 0 bridgehead atoms. The molecule has 1 aliphatic rings. The molecule has 2 N–H and O–H groups in total. The molecule has 6 nitrogen and oxygen atoms in total. The van der Waals surface area contributed by atoms with E-state index in [1.165, 1.54) is 0 Å². The van der Waals surface area contributed by atoms with E-state index in [9.17, 15) is 19.5 Å². The van der Waals surface area contributed by atoms with Crippen LogP contribution in [-0.2, 0) is 14.4 Å². The second kappa shape index (κ2) is 7.59. The van der Waals surface area contributed by atoms with Gasteiger partial charge in [-0.2, -0.15) is 0 Å². The second-order valence-corrected chi connectivity index (χ2v) is 6.92. The van der Waals surface area contributed by atoms with E-state index in [1.54, 1.807) is 6.08 Å². The van der Waals surface area contributed by atoms with Crippen LogP contribution in [0.25, 0.3) is 6.08 Å². The van der Waals surface area contributed by atoms with Crippen molar-refractivity contribution in [3.63, 3.8) is 0 Å². The minimum atomic E-state index is -1.28. The number of hydrogen-bond acceptors (Lipinski definition) is 5. The SMILES string of the molecule is Cc1ccc(/C=C2/SC(=S)N(C(CCC(=O)O)C(=O)O)C2=O)cc1. The second-order valence-electron chi connectivity index (χ2n) is 5.25. The zero-order valence-electron chi connectivity index (χ0n) is 12.8. The first kappa shape index (κ1) is 18.2. The van der Waals surface area contributed by atoms with Gasteiger partial charge in [-0.05, 0) is 25.0 Å². The van der Waals surface area contributed by atoms with E-state index in [-0.39, 0.29) is 17.2 Å². The highest BCUT2D eigenvalue weighted by Gasteiger charge is 2.40. The fourth-order valence-corrected chi connectivity index (χ4v) is 3.54. The summed E-state index contributed by atoms with van der Waals surface area (Å²) in [6, 6.07) is 6.22. The molecule has 0 radical (unpaired) electrons. The van der Waals surface area contributed by atoms with Gasteiger partial charge in [0.05, 0.1) is 4.91 Å². The maximum absolute atomic E-state index is 12.5. The highest BCUT2D eigenvalue weighted by atomic mass is 32.2. The van der Waals surface area contributed by atoms with Crippen LogP contribution in [0.4, 0.5) is 0 Å². The van der Waals surface area contributed by atoms with E-state index in [2.05, 4.69) is 0 Å². The van der Waals surface area contributed by atoms with Gasteiger partial charge in [-0.3, -0.25) is 14.5 Å². The van der Waals surface area contributed by atoms with E-state index in [0.29, 0.717) is 4.91 Å². The van der Waals surface area contributed by atoms with Crippen LogP contribution in [0.15, 0.2) is 29.2 Å². The summed E-state index contributed by atoms with van der Waals surface area (Å²) in [5, 5.41) is 18.1. The van der Waals surface area contributed by atoms with Gasteiger partial charge in [0.2, 0.25) is 0 Å². The quantitative estimate of drug-likeness (QED) is 0.591. The van der Waals surface area contributed by atoms with Crippen molar-refractivity contribution in [2.45, 2.75) is 25.8 Å². The summed E-state index contributed by atoms with van der Waals surface area (Å²) in [4.78, 5) is 35.9. The molecule has 1 fully saturated rings. The largest absolute Gasteiger partial charge is 0.481 e. The van der Waals surface area contributed by atoms with E-state index < -0.39 is 23.9 Å². The van der Waals surface area contributed by atoms with Crippen LogP contribution in [0.1, 0.15) is 24.0 Å². The van der Waals surface area contributed by atoms with Crippen molar-refractivity contribution in [1.29, 1.82) is 0 Å². The summed E-state index contributed by atoms with van der Waals surface area (Å²) in [7, 11) is 0. The van der Waals surface area contributed by atoms with Gasteiger partial charge >= 0.3 is 11.9 Å². The van der Waals surface area contributed by atoms with Crippen molar-refractivity contribution in [1.82, 2.24) is 4.90 Å². The fourth-order valence-electron chi connectivity index (χ4n) is 2.19. The molecule has 1 atom stereocenters. The molecule has 0 aliphatic carbocycles. The number of thioether (sulfide) groups is 1. The number of hydrogen-bond donors (Lipinski definition) is 2. The Morgan fingerprint density at radius 2 is 1.92 bits per heavy atom. The lowest BCUT2D eigenvalue weighted by molar-refractivity contribution is -0.146. The van der Waals surface area contributed by atoms with Gasteiger partial charge in [-0.1, -0.05) is 53.8 Å².